The summed E-state index contributed by atoms with van der Waals surface area (Å²) >= 11 is 0. The summed E-state index contributed by atoms with van der Waals surface area (Å²) in [5.74, 6) is -0.278. The van der Waals surface area contributed by atoms with Gasteiger partial charge in [-0.15, -0.1) is 0 Å². The van der Waals surface area contributed by atoms with E-state index in [1.54, 1.807) is 4.90 Å². The lowest BCUT2D eigenvalue weighted by atomic mass is 10.1. The molecule has 2 aliphatic rings. The van der Waals surface area contributed by atoms with Crippen LogP contribution in [0.3, 0.4) is 0 Å². The van der Waals surface area contributed by atoms with Gasteiger partial charge in [0.25, 0.3) is 0 Å². The van der Waals surface area contributed by atoms with Gasteiger partial charge < -0.3 is 14.4 Å². The lowest BCUT2D eigenvalue weighted by Gasteiger charge is -2.27. The number of carbonyl (C=O) groups excluding carboxylic acids is 2. The number of amides is 1. The number of rotatable bonds is 3. The highest BCUT2D eigenvalue weighted by atomic mass is 16.5. The van der Waals surface area contributed by atoms with E-state index in [1.165, 1.54) is 7.11 Å². The lowest BCUT2D eigenvalue weighted by Crippen LogP contribution is -2.42. The van der Waals surface area contributed by atoms with Crippen LogP contribution < -0.4 is 0 Å². The van der Waals surface area contributed by atoms with Crippen LogP contribution in [0.1, 0.15) is 38.5 Å². The zero-order valence-electron chi connectivity index (χ0n) is 10.9. The summed E-state index contributed by atoms with van der Waals surface area (Å²) in [4.78, 5) is 25.4. The van der Waals surface area contributed by atoms with Gasteiger partial charge >= 0.3 is 5.97 Å². The highest BCUT2D eigenvalue weighted by Gasteiger charge is 2.35. The number of hydrogen-bond donors (Lipinski definition) is 0. The molecule has 2 aliphatic heterocycles. The molecule has 2 heterocycles. The van der Waals surface area contributed by atoms with Crippen molar-refractivity contribution in [3.8, 4) is 0 Å². The summed E-state index contributed by atoms with van der Waals surface area (Å²) in [6.07, 6.45) is 5.17. The van der Waals surface area contributed by atoms with Crippen LogP contribution in [0, 0.1) is 0 Å². The van der Waals surface area contributed by atoms with Gasteiger partial charge in [0.2, 0.25) is 5.91 Å². The van der Waals surface area contributed by atoms with E-state index in [9.17, 15) is 9.59 Å². The fraction of sp³-hybridized carbons (Fsp3) is 0.846. The van der Waals surface area contributed by atoms with E-state index in [0.29, 0.717) is 19.4 Å². The second-order valence-corrected chi connectivity index (χ2v) is 4.96. The van der Waals surface area contributed by atoms with E-state index in [1.807, 2.05) is 0 Å². The SMILES string of the molecule is COC(=O)C1CCCN1C(=O)CC1CCCCO1. The maximum Gasteiger partial charge on any atom is 0.328 e. The summed E-state index contributed by atoms with van der Waals surface area (Å²) in [6, 6.07) is -0.383. The van der Waals surface area contributed by atoms with Crippen LogP contribution in [-0.2, 0) is 19.1 Å². The van der Waals surface area contributed by atoms with Gasteiger partial charge in [0.1, 0.15) is 6.04 Å². The first kappa shape index (κ1) is 13.3. The maximum absolute atomic E-state index is 12.2. The van der Waals surface area contributed by atoms with Crippen LogP contribution in [0.2, 0.25) is 0 Å². The van der Waals surface area contributed by atoms with Gasteiger partial charge in [-0.05, 0) is 32.1 Å². The number of methoxy groups -OCH3 is 1. The van der Waals surface area contributed by atoms with E-state index in [-0.39, 0.29) is 24.0 Å². The summed E-state index contributed by atoms with van der Waals surface area (Å²) in [6.45, 7) is 1.41. The highest BCUT2D eigenvalue weighted by molar-refractivity contribution is 5.85. The Morgan fingerprint density at radius 3 is 2.78 bits per heavy atom. The van der Waals surface area contributed by atoms with Crippen molar-refractivity contribution in [1.82, 2.24) is 4.90 Å². The largest absolute Gasteiger partial charge is 0.467 e. The van der Waals surface area contributed by atoms with Crippen LogP contribution in [0.4, 0.5) is 0 Å². The smallest absolute Gasteiger partial charge is 0.328 e. The summed E-state index contributed by atoms with van der Waals surface area (Å²) in [5.41, 5.74) is 0. The van der Waals surface area contributed by atoms with Gasteiger partial charge in [0.15, 0.2) is 0 Å². The Kier molecular flexibility index (Phi) is 4.58. The zero-order chi connectivity index (χ0) is 13.0. The molecular formula is C13H21NO4. The van der Waals surface area contributed by atoms with Crippen molar-refractivity contribution in [2.75, 3.05) is 20.3 Å². The van der Waals surface area contributed by atoms with Crippen molar-refractivity contribution in [3.05, 3.63) is 0 Å². The normalized spacial score (nSPS) is 28.2. The van der Waals surface area contributed by atoms with E-state index >= 15 is 0 Å². The minimum atomic E-state index is -0.383. The van der Waals surface area contributed by atoms with Crippen molar-refractivity contribution >= 4 is 11.9 Å². The molecule has 2 atom stereocenters. The Morgan fingerprint density at radius 1 is 1.28 bits per heavy atom. The molecule has 0 saturated carbocycles. The monoisotopic (exact) mass is 255 g/mol. The first-order valence-corrected chi connectivity index (χ1v) is 6.71. The first-order chi connectivity index (χ1) is 8.72. The average Bonchev–Trinajstić information content (AvgIpc) is 2.88. The van der Waals surface area contributed by atoms with Crippen LogP contribution in [0.15, 0.2) is 0 Å². The molecule has 102 valence electrons. The molecule has 2 fully saturated rings. The molecule has 0 spiro atoms. The standard InChI is InChI=1S/C13H21NO4/c1-17-13(16)11-6-4-7-14(11)12(15)9-10-5-2-3-8-18-10/h10-11H,2-9H2,1H3. The molecule has 5 nitrogen and oxygen atoms in total. The first-order valence-electron chi connectivity index (χ1n) is 6.71. The second-order valence-electron chi connectivity index (χ2n) is 4.96. The Bertz CT molecular complexity index is 312. The number of carbonyl (C=O) groups is 2. The number of nitrogens with zero attached hydrogens (tertiary/aromatic N) is 1. The third-order valence-electron chi connectivity index (χ3n) is 3.72. The molecule has 0 radical (unpaired) electrons. The minimum absolute atomic E-state index is 0.0230. The molecule has 2 rings (SSSR count). The Hall–Kier alpha value is -1.10. The molecule has 0 aromatic rings. The van der Waals surface area contributed by atoms with Crippen molar-refractivity contribution in [1.29, 1.82) is 0 Å². The maximum atomic E-state index is 12.2. The Labute approximate surface area is 107 Å². The van der Waals surface area contributed by atoms with Gasteiger partial charge in [-0.1, -0.05) is 0 Å². The van der Waals surface area contributed by atoms with Gasteiger partial charge in [-0.2, -0.15) is 0 Å². The van der Waals surface area contributed by atoms with Crippen molar-refractivity contribution in [2.24, 2.45) is 0 Å². The van der Waals surface area contributed by atoms with Gasteiger partial charge in [0, 0.05) is 13.2 Å². The van der Waals surface area contributed by atoms with E-state index in [0.717, 1.165) is 32.3 Å². The zero-order valence-corrected chi connectivity index (χ0v) is 10.9. The second kappa shape index (κ2) is 6.18. The third-order valence-corrected chi connectivity index (χ3v) is 3.72. The molecule has 0 N–H and O–H groups in total. The van der Waals surface area contributed by atoms with Crippen molar-refractivity contribution < 1.29 is 19.1 Å². The highest BCUT2D eigenvalue weighted by Crippen LogP contribution is 2.22. The fourth-order valence-corrected chi connectivity index (χ4v) is 2.73. The van der Waals surface area contributed by atoms with Crippen LogP contribution >= 0.6 is 0 Å². The van der Waals surface area contributed by atoms with Crippen LogP contribution in [-0.4, -0.2) is 49.2 Å². The minimum Gasteiger partial charge on any atom is -0.467 e. The van der Waals surface area contributed by atoms with E-state index in [2.05, 4.69) is 0 Å². The molecular weight excluding hydrogens is 234 g/mol. The third kappa shape index (κ3) is 3.02. The number of ether oxygens (including phenoxy) is 2. The molecule has 2 unspecified atom stereocenters. The van der Waals surface area contributed by atoms with Crippen LogP contribution in [0.25, 0.3) is 0 Å². The summed E-state index contributed by atoms with van der Waals surface area (Å²) < 4.78 is 10.3. The number of hydrogen-bond acceptors (Lipinski definition) is 4. The van der Waals surface area contributed by atoms with Crippen molar-refractivity contribution in [2.45, 2.75) is 50.7 Å². The van der Waals surface area contributed by atoms with Gasteiger partial charge in [-0.3, -0.25) is 4.79 Å². The topological polar surface area (TPSA) is 55.8 Å². The molecule has 1 amide bonds. The van der Waals surface area contributed by atoms with Crippen LogP contribution in [0.5, 0.6) is 0 Å². The van der Waals surface area contributed by atoms with E-state index in [4.69, 9.17) is 9.47 Å². The number of esters is 1. The molecule has 2 saturated heterocycles. The summed E-state index contributed by atoms with van der Waals surface area (Å²) in [5, 5.41) is 0. The lowest BCUT2D eigenvalue weighted by molar-refractivity contribution is -0.152. The molecule has 0 bridgehead atoms. The van der Waals surface area contributed by atoms with Crippen molar-refractivity contribution in [3.63, 3.8) is 0 Å². The Morgan fingerprint density at radius 2 is 2.11 bits per heavy atom. The molecule has 0 aromatic carbocycles. The predicted molar refractivity (Wildman–Crippen MR) is 65.0 cm³/mol. The van der Waals surface area contributed by atoms with Gasteiger partial charge in [0.05, 0.1) is 19.6 Å². The quantitative estimate of drug-likeness (QED) is 0.709. The number of likely N-dealkylation sites (tertiary alicyclic amines) is 1. The Balaban J connectivity index is 1.89. The molecule has 5 heteroatoms. The van der Waals surface area contributed by atoms with E-state index < -0.39 is 0 Å². The predicted octanol–water partition coefficient (Wildman–Crippen LogP) is 1.11. The summed E-state index contributed by atoms with van der Waals surface area (Å²) in [7, 11) is 1.37. The fourth-order valence-electron chi connectivity index (χ4n) is 2.73. The molecule has 18 heavy (non-hydrogen) atoms. The van der Waals surface area contributed by atoms with Gasteiger partial charge in [-0.25, -0.2) is 4.79 Å². The average molecular weight is 255 g/mol. The molecule has 0 aliphatic carbocycles. The molecule has 0 aromatic heterocycles.